The molecule has 0 aromatic heterocycles. The molecule has 0 bridgehead atoms. The van der Waals surface area contributed by atoms with Gasteiger partial charge in [0.25, 0.3) is 0 Å². The Morgan fingerprint density at radius 3 is 2.29 bits per heavy atom. The number of nitrogens with one attached hydrogen (secondary N) is 1. The molecule has 1 aliphatic carbocycles. The molecule has 2 heteroatoms. The maximum Gasteiger partial charge on any atom is 0.0348 e. The van der Waals surface area contributed by atoms with Crippen LogP contribution < -0.4 is 5.32 Å². The fraction of sp³-hybridized carbons (Fsp3) is 0.684. The Balaban J connectivity index is 2.26. The van der Waals surface area contributed by atoms with Gasteiger partial charge < -0.3 is 5.32 Å². The second-order valence-electron chi connectivity index (χ2n) is 7.03. The quantitative estimate of drug-likeness (QED) is 0.723. The van der Waals surface area contributed by atoms with Gasteiger partial charge in [-0.25, -0.2) is 0 Å². The van der Waals surface area contributed by atoms with Gasteiger partial charge >= 0.3 is 0 Å². The van der Waals surface area contributed by atoms with Gasteiger partial charge in [-0.3, -0.25) is 0 Å². The summed E-state index contributed by atoms with van der Waals surface area (Å²) < 4.78 is 1.26. The van der Waals surface area contributed by atoms with Crippen LogP contribution in [-0.4, -0.2) is 6.54 Å². The summed E-state index contributed by atoms with van der Waals surface area (Å²) in [5, 5.41) is 3.76. The van der Waals surface area contributed by atoms with E-state index in [-0.39, 0.29) is 0 Å². The smallest absolute Gasteiger partial charge is 0.0348 e. The van der Waals surface area contributed by atoms with E-state index in [0.29, 0.717) is 6.04 Å². The van der Waals surface area contributed by atoms with Crippen molar-refractivity contribution in [2.75, 3.05) is 6.54 Å². The van der Waals surface area contributed by atoms with E-state index >= 15 is 0 Å². The summed E-state index contributed by atoms with van der Waals surface area (Å²) in [5.74, 6) is 2.51. The third-order valence-electron chi connectivity index (χ3n) is 5.35. The lowest BCUT2D eigenvalue weighted by molar-refractivity contribution is 0.172. The SMILES string of the molecule is CCNC(c1cc(C)c(Br)c(C)c1)C1CCC(C)C(C)C1. The van der Waals surface area contributed by atoms with Crippen molar-refractivity contribution in [3.05, 3.63) is 33.3 Å². The van der Waals surface area contributed by atoms with Crippen LogP contribution >= 0.6 is 15.9 Å². The highest BCUT2D eigenvalue weighted by Crippen LogP contribution is 2.40. The van der Waals surface area contributed by atoms with Gasteiger partial charge in [-0.05, 0) is 67.7 Å². The minimum absolute atomic E-state index is 0.510. The molecule has 1 aromatic rings. The standard InChI is InChI=1S/C19H30BrN/c1-6-21-19(16-8-7-12(2)13(3)9-16)17-10-14(4)18(20)15(5)11-17/h10-13,16,19,21H,6-9H2,1-5H3. The fourth-order valence-electron chi connectivity index (χ4n) is 3.83. The molecule has 118 valence electrons. The average molecular weight is 352 g/mol. The molecule has 0 spiro atoms. The van der Waals surface area contributed by atoms with E-state index < -0.39 is 0 Å². The zero-order valence-corrected chi connectivity index (χ0v) is 15.8. The second-order valence-corrected chi connectivity index (χ2v) is 7.82. The highest BCUT2D eigenvalue weighted by atomic mass is 79.9. The maximum atomic E-state index is 3.76. The van der Waals surface area contributed by atoms with E-state index in [1.165, 1.54) is 40.4 Å². The lowest BCUT2D eigenvalue weighted by Crippen LogP contribution is -2.33. The van der Waals surface area contributed by atoms with Gasteiger partial charge in [-0.2, -0.15) is 0 Å². The van der Waals surface area contributed by atoms with Gasteiger partial charge in [-0.15, -0.1) is 0 Å². The third kappa shape index (κ3) is 3.90. The topological polar surface area (TPSA) is 12.0 Å². The molecular weight excluding hydrogens is 322 g/mol. The van der Waals surface area contributed by atoms with E-state index in [1.807, 2.05) is 0 Å². The van der Waals surface area contributed by atoms with Gasteiger partial charge in [-0.1, -0.05) is 55.3 Å². The van der Waals surface area contributed by atoms with Crippen LogP contribution in [0.3, 0.4) is 0 Å². The first-order valence-corrected chi connectivity index (χ1v) is 9.23. The molecule has 1 nitrogen and oxygen atoms in total. The Labute approximate surface area is 139 Å². The van der Waals surface area contributed by atoms with Gasteiger partial charge in [0, 0.05) is 10.5 Å². The van der Waals surface area contributed by atoms with Crippen molar-refractivity contribution in [2.24, 2.45) is 17.8 Å². The van der Waals surface area contributed by atoms with Crippen molar-refractivity contribution in [3.8, 4) is 0 Å². The molecule has 21 heavy (non-hydrogen) atoms. The van der Waals surface area contributed by atoms with E-state index in [4.69, 9.17) is 0 Å². The first-order chi connectivity index (χ1) is 9.93. The summed E-state index contributed by atoms with van der Waals surface area (Å²) in [4.78, 5) is 0. The van der Waals surface area contributed by atoms with E-state index in [2.05, 4.69) is 68.0 Å². The largest absolute Gasteiger partial charge is 0.310 e. The van der Waals surface area contributed by atoms with Crippen LogP contribution in [0.1, 0.15) is 62.8 Å². The Morgan fingerprint density at radius 1 is 1.14 bits per heavy atom. The molecule has 4 unspecified atom stereocenters. The van der Waals surface area contributed by atoms with E-state index in [1.54, 1.807) is 0 Å². The first kappa shape index (κ1) is 17.0. The van der Waals surface area contributed by atoms with Crippen molar-refractivity contribution < 1.29 is 0 Å². The molecule has 1 fully saturated rings. The molecule has 0 heterocycles. The van der Waals surface area contributed by atoms with Crippen molar-refractivity contribution in [1.82, 2.24) is 5.32 Å². The van der Waals surface area contributed by atoms with Crippen LogP contribution in [0.25, 0.3) is 0 Å². The Morgan fingerprint density at radius 2 is 1.76 bits per heavy atom. The van der Waals surface area contributed by atoms with Crippen LogP contribution in [0.15, 0.2) is 16.6 Å². The second kappa shape index (κ2) is 7.28. The molecule has 1 N–H and O–H groups in total. The summed E-state index contributed by atoms with van der Waals surface area (Å²) in [7, 11) is 0. The number of rotatable bonds is 4. The number of benzene rings is 1. The summed E-state index contributed by atoms with van der Waals surface area (Å²) >= 11 is 3.69. The summed E-state index contributed by atoms with van der Waals surface area (Å²) in [6.07, 6.45) is 4.09. The molecule has 0 radical (unpaired) electrons. The maximum absolute atomic E-state index is 3.76. The molecular formula is C19H30BrN. The molecule has 0 amide bonds. The number of halogens is 1. The summed E-state index contributed by atoms with van der Waals surface area (Å²) in [6.45, 7) is 12.5. The van der Waals surface area contributed by atoms with Crippen LogP contribution in [0.5, 0.6) is 0 Å². The number of hydrogen-bond donors (Lipinski definition) is 1. The van der Waals surface area contributed by atoms with Crippen LogP contribution in [0, 0.1) is 31.6 Å². The Kier molecular flexibility index (Phi) is 5.90. The molecule has 1 saturated carbocycles. The predicted octanol–water partition coefficient (Wildman–Crippen LogP) is 5.79. The monoisotopic (exact) mass is 351 g/mol. The van der Waals surface area contributed by atoms with Crippen LogP contribution in [-0.2, 0) is 0 Å². The van der Waals surface area contributed by atoms with Crippen molar-refractivity contribution in [2.45, 2.75) is 59.9 Å². The van der Waals surface area contributed by atoms with Crippen LogP contribution in [0.4, 0.5) is 0 Å². The Hall–Kier alpha value is -0.340. The van der Waals surface area contributed by atoms with Gasteiger partial charge in [0.15, 0.2) is 0 Å². The molecule has 1 aliphatic rings. The number of hydrogen-bond acceptors (Lipinski definition) is 1. The van der Waals surface area contributed by atoms with Crippen molar-refractivity contribution in [1.29, 1.82) is 0 Å². The normalized spacial score (nSPS) is 27.6. The molecule has 2 rings (SSSR count). The lowest BCUT2D eigenvalue weighted by Gasteiger charge is -2.37. The molecule has 4 atom stereocenters. The van der Waals surface area contributed by atoms with Crippen LogP contribution in [0.2, 0.25) is 0 Å². The fourth-order valence-corrected chi connectivity index (χ4v) is 4.06. The summed E-state index contributed by atoms with van der Waals surface area (Å²) in [6, 6.07) is 5.25. The highest BCUT2D eigenvalue weighted by molar-refractivity contribution is 9.10. The zero-order chi connectivity index (χ0) is 15.6. The molecule has 0 saturated heterocycles. The highest BCUT2D eigenvalue weighted by Gasteiger charge is 2.30. The minimum atomic E-state index is 0.510. The van der Waals surface area contributed by atoms with Gasteiger partial charge in [0.05, 0.1) is 0 Å². The van der Waals surface area contributed by atoms with Crippen molar-refractivity contribution in [3.63, 3.8) is 0 Å². The van der Waals surface area contributed by atoms with Crippen molar-refractivity contribution >= 4 is 15.9 Å². The predicted molar refractivity (Wildman–Crippen MR) is 95.7 cm³/mol. The van der Waals surface area contributed by atoms with E-state index in [9.17, 15) is 0 Å². The molecule has 0 aliphatic heterocycles. The Bertz CT molecular complexity index is 459. The zero-order valence-electron chi connectivity index (χ0n) is 14.2. The molecule has 1 aromatic carbocycles. The third-order valence-corrected chi connectivity index (χ3v) is 6.60. The van der Waals surface area contributed by atoms with Gasteiger partial charge in [0.1, 0.15) is 0 Å². The number of aryl methyl sites for hydroxylation is 2. The summed E-state index contributed by atoms with van der Waals surface area (Å²) in [5.41, 5.74) is 4.18. The average Bonchev–Trinajstić information content (AvgIpc) is 2.45. The first-order valence-electron chi connectivity index (χ1n) is 8.44. The van der Waals surface area contributed by atoms with Gasteiger partial charge in [0.2, 0.25) is 0 Å². The van der Waals surface area contributed by atoms with E-state index in [0.717, 1.165) is 24.3 Å². The lowest BCUT2D eigenvalue weighted by atomic mass is 9.72. The minimum Gasteiger partial charge on any atom is -0.310 e.